The number of carbonyl (C=O) groups is 1. The average Bonchev–Trinajstić information content (AvgIpc) is 3.32. The molecule has 1 aliphatic carbocycles. The van der Waals surface area contributed by atoms with Crippen LogP contribution in [0.2, 0.25) is 10.0 Å². The Morgan fingerprint density at radius 1 is 1.26 bits per heavy atom. The van der Waals surface area contributed by atoms with Gasteiger partial charge in [0.15, 0.2) is 0 Å². The van der Waals surface area contributed by atoms with Gasteiger partial charge in [0.05, 0.1) is 17.5 Å². The molecule has 1 heterocycles. The van der Waals surface area contributed by atoms with Crippen LogP contribution in [0.3, 0.4) is 0 Å². The highest BCUT2D eigenvalue weighted by Gasteiger charge is 2.33. The first-order chi connectivity index (χ1) is 20.5. The van der Waals surface area contributed by atoms with Gasteiger partial charge in [-0.15, -0.1) is 11.3 Å². The quantitative estimate of drug-likeness (QED) is 0.206. The summed E-state index contributed by atoms with van der Waals surface area (Å²) in [6.45, 7) is 2.63. The van der Waals surface area contributed by atoms with Crippen LogP contribution < -0.4 is 5.32 Å². The van der Waals surface area contributed by atoms with Crippen molar-refractivity contribution in [3.05, 3.63) is 84.5 Å². The molecule has 2 atom stereocenters. The molecule has 43 heavy (non-hydrogen) atoms. The standard InChI is InChI=1S/C32H34Cl2F3N3O2S/c1-2-20(18-39-31(42)25-5-3-4-6-28(25)41)7-12-29-26(17-38)24-11-10-23(16-30(24)43-29)40(14-13-32(35,36)37)19-21-8-9-22(33)15-27(21)34/h3-6,8-9,15,20,23,41H,2,7,10-14,16,18-19H2,1H3,(H,39,42). The number of hydrogen-bond acceptors (Lipinski definition) is 5. The number of para-hydroxylation sites is 1. The summed E-state index contributed by atoms with van der Waals surface area (Å²) in [6, 6.07) is 13.7. The summed E-state index contributed by atoms with van der Waals surface area (Å²) in [5.74, 6) is -0.223. The first-order valence-electron chi connectivity index (χ1n) is 14.3. The van der Waals surface area contributed by atoms with Gasteiger partial charge in [0.2, 0.25) is 0 Å². The lowest BCUT2D eigenvalue weighted by Crippen LogP contribution is -2.40. The molecular weight excluding hydrogens is 618 g/mol. The number of nitriles is 1. The number of fused-ring (bicyclic) bond motifs is 1. The fourth-order valence-corrected chi connectivity index (χ4v) is 7.42. The maximum atomic E-state index is 13.2. The van der Waals surface area contributed by atoms with Crippen molar-refractivity contribution in [3.8, 4) is 11.8 Å². The van der Waals surface area contributed by atoms with Crippen molar-refractivity contribution in [2.45, 2.75) is 70.6 Å². The van der Waals surface area contributed by atoms with Crippen LogP contribution in [0.15, 0.2) is 42.5 Å². The largest absolute Gasteiger partial charge is 0.507 e. The van der Waals surface area contributed by atoms with E-state index in [0.29, 0.717) is 47.8 Å². The number of halogens is 5. The van der Waals surface area contributed by atoms with Crippen LogP contribution in [0.4, 0.5) is 13.2 Å². The number of nitrogens with one attached hydrogen (secondary N) is 1. The minimum atomic E-state index is -4.28. The van der Waals surface area contributed by atoms with Crippen molar-refractivity contribution >= 4 is 40.4 Å². The summed E-state index contributed by atoms with van der Waals surface area (Å²) in [5.41, 5.74) is 2.66. The third-order valence-electron chi connectivity index (χ3n) is 8.07. The zero-order valence-electron chi connectivity index (χ0n) is 23.8. The minimum absolute atomic E-state index is 0.0672. The minimum Gasteiger partial charge on any atom is -0.507 e. The number of carbonyl (C=O) groups excluding carboxylic acids is 1. The molecule has 1 aromatic heterocycles. The van der Waals surface area contributed by atoms with E-state index in [1.54, 1.807) is 47.7 Å². The molecule has 2 aromatic carbocycles. The number of phenolic OH excluding ortho intramolecular Hbond substituents is 1. The topological polar surface area (TPSA) is 76.4 Å². The van der Waals surface area contributed by atoms with Crippen molar-refractivity contribution in [1.29, 1.82) is 5.26 Å². The Kier molecular flexibility index (Phi) is 11.4. The van der Waals surface area contributed by atoms with Crippen molar-refractivity contribution in [3.63, 3.8) is 0 Å². The van der Waals surface area contributed by atoms with Crippen LogP contribution in [0.25, 0.3) is 0 Å². The molecule has 1 aliphatic rings. The van der Waals surface area contributed by atoms with Crippen molar-refractivity contribution in [2.24, 2.45) is 5.92 Å². The molecule has 0 bridgehead atoms. The molecule has 0 saturated heterocycles. The molecule has 0 fully saturated rings. The van der Waals surface area contributed by atoms with Crippen molar-refractivity contribution < 1.29 is 23.1 Å². The maximum Gasteiger partial charge on any atom is 0.390 e. The van der Waals surface area contributed by atoms with Gasteiger partial charge in [-0.25, -0.2) is 0 Å². The summed E-state index contributed by atoms with van der Waals surface area (Å²) in [5, 5.41) is 23.8. The molecule has 1 amide bonds. The third-order valence-corrected chi connectivity index (χ3v) is 9.97. The number of hydrogen-bond donors (Lipinski definition) is 2. The lowest BCUT2D eigenvalue weighted by atomic mass is 9.89. The van der Waals surface area contributed by atoms with E-state index in [1.165, 1.54) is 6.07 Å². The second-order valence-electron chi connectivity index (χ2n) is 10.9. The number of rotatable bonds is 12. The Hall–Kier alpha value is -2.77. The van der Waals surface area contributed by atoms with Gasteiger partial charge >= 0.3 is 6.18 Å². The Labute approximate surface area is 264 Å². The first kappa shape index (κ1) is 33.1. The molecule has 230 valence electrons. The van der Waals surface area contributed by atoms with Gasteiger partial charge in [-0.1, -0.05) is 54.7 Å². The van der Waals surface area contributed by atoms with Crippen LogP contribution >= 0.6 is 34.5 Å². The van der Waals surface area contributed by atoms with Gasteiger partial charge in [-0.05, 0) is 73.4 Å². The number of thiophene rings is 1. The molecule has 11 heteroatoms. The summed E-state index contributed by atoms with van der Waals surface area (Å²) in [7, 11) is 0. The smallest absolute Gasteiger partial charge is 0.390 e. The number of aryl methyl sites for hydroxylation is 1. The first-order valence-corrected chi connectivity index (χ1v) is 15.9. The van der Waals surface area contributed by atoms with Gasteiger partial charge in [0.1, 0.15) is 11.8 Å². The number of amides is 1. The van der Waals surface area contributed by atoms with E-state index in [1.807, 2.05) is 4.90 Å². The van der Waals surface area contributed by atoms with E-state index in [4.69, 9.17) is 23.2 Å². The summed E-state index contributed by atoms with van der Waals surface area (Å²) in [6.07, 6.45) is -1.07. The van der Waals surface area contributed by atoms with E-state index in [2.05, 4.69) is 18.3 Å². The van der Waals surface area contributed by atoms with Crippen LogP contribution in [-0.4, -0.2) is 41.2 Å². The van der Waals surface area contributed by atoms with Gasteiger partial charge in [0.25, 0.3) is 5.91 Å². The molecule has 3 aromatic rings. The number of aromatic hydroxyl groups is 1. The third kappa shape index (κ3) is 8.89. The summed E-state index contributed by atoms with van der Waals surface area (Å²) < 4.78 is 39.7. The predicted molar refractivity (Wildman–Crippen MR) is 165 cm³/mol. The monoisotopic (exact) mass is 651 g/mol. The van der Waals surface area contributed by atoms with E-state index in [9.17, 15) is 28.3 Å². The second-order valence-corrected chi connectivity index (χ2v) is 13.0. The maximum absolute atomic E-state index is 13.2. The zero-order chi connectivity index (χ0) is 31.1. The molecule has 0 aliphatic heterocycles. The van der Waals surface area contributed by atoms with Crippen LogP contribution in [0.5, 0.6) is 5.75 Å². The van der Waals surface area contributed by atoms with Crippen LogP contribution in [0.1, 0.15) is 69.4 Å². The molecule has 5 nitrogen and oxygen atoms in total. The van der Waals surface area contributed by atoms with Crippen molar-refractivity contribution in [2.75, 3.05) is 13.1 Å². The average molecular weight is 653 g/mol. The predicted octanol–water partition coefficient (Wildman–Crippen LogP) is 8.33. The SMILES string of the molecule is CCC(CCc1sc2c(c1C#N)CCC(N(CCC(F)(F)F)Cc1ccc(Cl)cc1Cl)C2)CNC(=O)c1ccccc1O. The Morgan fingerprint density at radius 2 is 2.02 bits per heavy atom. The normalized spacial score (nSPS) is 15.6. The highest BCUT2D eigenvalue weighted by atomic mass is 35.5. The lowest BCUT2D eigenvalue weighted by Gasteiger charge is -2.35. The lowest BCUT2D eigenvalue weighted by molar-refractivity contribution is -0.139. The zero-order valence-corrected chi connectivity index (χ0v) is 26.1. The number of phenols is 1. The fourth-order valence-electron chi connectivity index (χ4n) is 5.56. The molecular formula is C32H34Cl2F3N3O2S. The number of benzene rings is 2. The molecule has 0 radical (unpaired) electrons. The van der Waals surface area contributed by atoms with Gasteiger partial charge < -0.3 is 10.4 Å². The van der Waals surface area contributed by atoms with Crippen LogP contribution in [0, 0.1) is 17.2 Å². The number of alkyl halides is 3. The molecule has 2 N–H and O–H groups in total. The Bertz CT molecular complexity index is 1470. The Balaban J connectivity index is 1.44. The van der Waals surface area contributed by atoms with E-state index in [0.717, 1.165) is 33.7 Å². The van der Waals surface area contributed by atoms with Gasteiger partial charge in [-0.3, -0.25) is 9.69 Å². The fraction of sp³-hybridized carbons (Fsp3) is 0.438. The molecule has 4 rings (SSSR count). The van der Waals surface area contributed by atoms with E-state index < -0.39 is 12.6 Å². The summed E-state index contributed by atoms with van der Waals surface area (Å²) >= 11 is 14.0. The number of nitrogens with zero attached hydrogens (tertiary/aromatic N) is 2. The molecule has 0 spiro atoms. The van der Waals surface area contributed by atoms with E-state index in [-0.39, 0.29) is 42.3 Å². The molecule has 0 saturated carbocycles. The molecule has 2 unspecified atom stereocenters. The van der Waals surface area contributed by atoms with Gasteiger partial charge in [0, 0.05) is 45.5 Å². The highest BCUT2D eigenvalue weighted by Crippen LogP contribution is 2.38. The van der Waals surface area contributed by atoms with Crippen LogP contribution in [-0.2, 0) is 25.8 Å². The summed E-state index contributed by atoms with van der Waals surface area (Å²) in [4.78, 5) is 16.4. The Morgan fingerprint density at radius 3 is 2.70 bits per heavy atom. The highest BCUT2D eigenvalue weighted by molar-refractivity contribution is 7.12. The van der Waals surface area contributed by atoms with Gasteiger partial charge in [-0.2, -0.15) is 18.4 Å². The van der Waals surface area contributed by atoms with Crippen molar-refractivity contribution in [1.82, 2.24) is 10.2 Å². The second kappa shape index (κ2) is 14.8. The van der Waals surface area contributed by atoms with E-state index >= 15 is 0 Å².